The van der Waals surface area contributed by atoms with Gasteiger partial charge < -0.3 is 15.4 Å². The fourth-order valence-electron chi connectivity index (χ4n) is 2.61. The van der Waals surface area contributed by atoms with Gasteiger partial charge in [0.2, 0.25) is 11.8 Å². The Morgan fingerprint density at radius 2 is 1.44 bits per heavy atom. The zero-order valence-electron chi connectivity index (χ0n) is 14.9. The van der Waals surface area contributed by atoms with Crippen LogP contribution in [0.3, 0.4) is 0 Å². The van der Waals surface area contributed by atoms with Crippen LogP contribution in [0.4, 0.5) is 11.4 Å². The number of anilines is 2. The number of carbonyl (C=O) groups excluding carboxylic acids is 2. The summed E-state index contributed by atoms with van der Waals surface area (Å²) in [4.78, 5) is 24.3. The van der Waals surface area contributed by atoms with Gasteiger partial charge in [0.25, 0.3) is 0 Å². The standard InChI is InChI=1S/C20H24N2O3/c1-4-14-7-6-8-15(5-2)20(14)22-19(24)13-18(23)21-16-9-11-17(25-3)12-10-16/h6-12H,4-5,13H2,1-3H3,(H,21,23)(H,22,24). The number of aryl methyl sites for hydroxylation is 2. The molecule has 5 nitrogen and oxygen atoms in total. The van der Waals surface area contributed by atoms with Crippen molar-refractivity contribution in [1.29, 1.82) is 0 Å². The largest absolute Gasteiger partial charge is 0.497 e. The first-order chi connectivity index (χ1) is 12.1. The summed E-state index contributed by atoms with van der Waals surface area (Å²) in [6.45, 7) is 4.08. The van der Waals surface area contributed by atoms with Crippen molar-refractivity contribution in [2.45, 2.75) is 33.1 Å². The molecule has 25 heavy (non-hydrogen) atoms. The molecule has 2 aromatic rings. The molecule has 0 bridgehead atoms. The van der Waals surface area contributed by atoms with E-state index < -0.39 is 0 Å². The maximum absolute atomic E-state index is 12.3. The van der Waals surface area contributed by atoms with E-state index in [2.05, 4.69) is 10.6 Å². The minimum atomic E-state index is -0.352. The lowest BCUT2D eigenvalue weighted by Crippen LogP contribution is -2.22. The van der Waals surface area contributed by atoms with Crippen LogP contribution < -0.4 is 15.4 Å². The molecule has 0 aliphatic heterocycles. The summed E-state index contributed by atoms with van der Waals surface area (Å²) in [5.41, 5.74) is 3.60. The average Bonchev–Trinajstić information content (AvgIpc) is 2.62. The Morgan fingerprint density at radius 3 is 1.96 bits per heavy atom. The van der Waals surface area contributed by atoms with Crippen molar-refractivity contribution in [3.05, 3.63) is 53.6 Å². The summed E-state index contributed by atoms with van der Waals surface area (Å²) in [5.74, 6) is 0.0373. The third kappa shape index (κ3) is 5.08. The number of benzene rings is 2. The van der Waals surface area contributed by atoms with Crippen LogP contribution in [0.2, 0.25) is 0 Å². The Bertz CT molecular complexity index is 717. The second kappa shape index (κ2) is 8.87. The van der Waals surface area contributed by atoms with Crippen LogP contribution >= 0.6 is 0 Å². The summed E-state index contributed by atoms with van der Waals surface area (Å²) < 4.78 is 5.07. The maximum atomic E-state index is 12.3. The second-order valence-corrected chi connectivity index (χ2v) is 5.66. The summed E-state index contributed by atoms with van der Waals surface area (Å²) in [5, 5.41) is 5.61. The number of nitrogens with one attached hydrogen (secondary N) is 2. The lowest BCUT2D eigenvalue weighted by molar-refractivity contribution is -0.123. The molecule has 2 amide bonds. The third-order valence-electron chi connectivity index (χ3n) is 3.96. The number of methoxy groups -OCH3 is 1. The predicted molar refractivity (Wildman–Crippen MR) is 100 cm³/mol. The fraction of sp³-hybridized carbons (Fsp3) is 0.300. The Hall–Kier alpha value is -2.82. The molecule has 0 aromatic heterocycles. The third-order valence-corrected chi connectivity index (χ3v) is 3.96. The van der Waals surface area contributed by atoms with Crippen molar-refractivity contribution in [2.24, 2.45) is 0 Å². The van der Waals surface area contributed by atoms with Gasteiger partial charge in [-0.1, -0.05) is 32.0 Å². The maximum Gasteiger partial charge on any atom is 0.233 e. The molecule has 0 saturated heterocycles. The van der Waals surface area contributed by atoms with Crippen molar-refractivity contribution in [2.75, 3.05) is 17.7 Å². The van der Waals surface area contributed by atoms with E-state index in [1.807, 2.05) is 32.0 Å². The van der Waals surface area contributed by atoms with Gasteiger partial charge in [0.15, 0.2) is 0 Å². The topological polar surface area (TPSA) is 67.4 Å². The van der Waals surface area contributed by atoms with E-state index in [9.17, 15) is 9.59 Å². The van der Waals surface area contributed by atoms with Gasteiger partial charge in [-0.15, -0.1) is 0 Å². The Morgan fingerprint density at radius 1 is 0.880 bits per heavy atom. The number of hydrogen-bond acceptors (Lipinski definition) is 3. The van der Waals surface area contributed by atoms with E-state index in [-0.39, 0.29) is 18.2 Å². The van der Waals surface area contributed by atoms with Gasteiger partial charge in [-0.2, -0.15) is 0 Å². The molecular weight excluding hydrogens is 316 g/mol. The highest BCUT2D eigenvalue weighted by Crippen LogP contribution is 2.23. The Kier molecular flexibility index (Phi) is 6.57. The molecule has 0 spiro atoms. The smallest absolute Gasteiger partial charge is 0.233 e. The van der Waals surface area contributed by atoms with Crippen molar-refractivity contribution in [1.82, 2.24) is 0 Å². The number of hydrogen-bond donors (Lipinski definition) is 2. The van der Waals surface area contributed by atoms with E-state index in [4.69, 9.17) is 4.74 Å². The normalized spacial score (nSPS) is 10.2. The molecule has 0 unspecified atom stereocenters. The van der Waals surface area contributed by atoms with Crippen LogP contribution in [-0.4, -0.2) is 18.9 Å². The molecule has 2 aromatic carbocycles. The first kappa shape index (κ1) is 18.5. The van der Waals surface area contributed by atoms with Crippen molar-refractivity contribution >= 4 is 23.2 Å². The number of carbonyl (C=O) groups is 2. The summed E-state index contributed by atoms with van der Waals surface area (Å²) in [7, 11) is 1.58. The number of para-hydroxylation sites is 1. The summed E-state index contributed by atoms with van der Waals surface area (Å²) in [6, 6.07) is 12.9. The first-order valence-corrected chi connectivity index (χ1v) is 8.41. The number of rotatable bonds is 7. The second-order valence-electron chi connectivity index (χ2n) is 5.66. The minimum absolute atomic E-state index is 0.229. The van der Waals surface area contributed by atoms with Crippen LogP contribution in [0.1, 0.15) is 31.4 Å². The van der Waals surface area contributed by atoms with Crippen LogP contribution in [0.15, 0.2) is 42.5 Å². The quantitative estimate of drug-likeness (QED) is 0.754. The molecular formula is C20H24N2O3. The van der Waals surface area contributed by atoms with Gasteiger partial charge in [0, 0.05) is 11.4 Å². The number of ether oxygens (including phenoxy) is 1. The molecule has 0 radical (unpaired) electrons. The molecule has 5 heteroatoms. The van der Waals surface area contributed by atoms with E-state index in [1.165, 1.54) is 0 Å². The lowest BCUT2D eigenvalue weighted by Gasteiger charge is -2.14. The van der Waals surface area contributed by atoms with Crippen molar-refractivity contribution in [3.8, 4) is 5.75 Å². The minimum Gasteiger partial charge on any atom is -0.497 e. The Labute approximate surface area is 148 Å². The first-order valence-electron chi connectivity index (χ1n) is 8.41. The monoisotopic (exact) mass is 340 g/mol. The molecule has 0 fully saturated rings. The van der Waals surface area contributed by atoms with E-state index in [0.717, 1.165) is 29.7 Å². The molecule has 0 aliphatic carbocycles. The molecule has 0 heterocycles. The van der Waals surface area contributed by atoms with E-state index in [1.54, 1.807) is 31.4 Å². The van der Waals surface area contributed by atoms with Gasteiger partial charge in [-0.05, 0) is 48.2 Å². The summed E-state index contributed by atoms with van der Waals surface area (Å²) in [6.07, 6.45) is 1.41. The van der Waals surface area contributed by atoms with Gasteiger partial charge in [-0.25, -0.2) is 0 Å². The molecule has 2 rings (SSSR count). The molecule has 0 aliphatic rings. The fourth-order valence-corrected chi connectivity index (χ4v) is 2.61. The van der Waals surface area contributed by atoms with Crippen LogP contribution in [-0.2, 0) is 22.4 Å². The average molecular weight is 340 g/mol. The van der Waals surface area contributed by atoms with Gasteiger partial charge in [0.1, 0.15) is 12.2 Å². The highest BCUT2D eigenvalue weighted by atomic mass is 16.5. The highest BCUT2D eigenvalue weighted by Gasteiger charge is 2.13. The van der Waals surface area contributed by atoms with E-state index >= 15 is 0 Å². The molecule has 0 atom stereocenters. The molecule has 2 N–H and O–H groups in total. The number of amides is 2. The van der Waals surface area contributed by atoms with Crippen LogP contribution in [0.5, 0.6) is 5.75 Å². The van der Waals surface area contributed by atoms with Gasteiger partial charge >= 0.3 is 0 Å². The van der Waals surface area contributed by atoms with Crippen LogP contribution in [0.25, 0.3) is 0 Å². The Balaban J connectivity index is 1.99. The molecule has 132 valence electrons. The highest BCUT2D eigenvalue weighted by molar-refractivity contribution is 6.08. The lowest BCUT2D eigenvalue weighted by atomic mass is 10.0. The summed E-state index contributed by atoms with van der Waals surface area (Å²) >= 11 is 0. The van der Waals surface area contributed by atoms with Gasteiger partial charge in [-0.3, -0.25) is 9.59 Å². The zero-order valence-corrected chi connectivity index (χ0v) is 14.9. The SMILES string of the molecule is CCc1cccc(CC)c1NC(=O)CC(=O)Nc1ccc(OC)cc1. The van der Waals surface area contributed by atoms with Crippen LogP contribution in [0, 0.1) is 0 Å². The van der Waals surface area contributed by atoms with Gasteiger partial charge in [0.05, 0.1) is 7.11 Å². The van der Waals surface area contributed by atoms with Crippen molar-refractivity contribution < 1.29 is 14.3 Å². The predicted octanol–water partition coefficient (Wildman–Crippen LogP) is 3.79. The van der Waals surface area contributed by atoms with Crippen molar-refractivity contribution in [3.63, 3.8) is 0 Å². The molecule has 0 saturated carbocycles. The van der Waals surface area contributed by atoms with E-state index in [0.29, 0.717) is 11.4 Å². The zero-order chi connectivity index (χ0) is 18.2.